The summed E-state index contributed by atoms with van der Waals surface area (Å²) >= 11 is 0. The molecule has 1 fully saturated rings. The second-order valence-corrected chi connectivity index (χ2v) is 6.25. The molecule has 1 saturated heterocycles. The van der Waals surface area contributed by atoms with Gasteiger partial charge in [-0.25, -0.2) is 8.42 Å². The van der Waals surface area contributed by atoms with E-state index in [1.165, 1.54) is 23.5 Å². The van der Waals surface area contributed by atoms with Crippen molar-refractivity contribution >= 4 is 16.0 Å². The van der Waals surface area contributed by atoms with E-state index in [1.807, 2.05) is 0 Å². The zero-order chi connectivity index (χ0) is 14.0. The third-order valence-corrected chi connectivity index (χ3v) is 5.08. The molecule has 7 heteroatoms. The average molecular weight is 285 g/mol. The number of benzene rings is 1. The van der Waals surface area contributed by atoms with Crippen molar-refractivity contribution in [2.45, 2.75) is 11.3 Å². The molecule has 1 N–H and O–H groups in total. The van der Waals surface area contributed by atoms with Crippen LogP contribution in [0.2, 0.25) is 0 Å². The number of para-hydroxylation sites is 1. The zero-order valence-electron chi connectivity index (χ0n) is 10.4. The van der Waals surface area contributed by atoms with Gasteiger partial charge in [-0.1, -0.05) is 12.1 Å². The molecule has 1 unspecified atom stereocenters. The third-order valence-electron chi connectivity index (χ3n) is 3.17. The first-order chi connectivity index (χ1) is 8.96. The molecule has 1 aromatic rings. The summed E-state index contributed by atoms with van der Waals surface area (Å²) in [4.78, 5) is 11.3. The molecule has 0 aliphatic carbocycles. The van der Waals surface area contributed by atoms with Crippen LogP contribution < -0.4 is 0 Å². The molecule has 1 heterocycles. The summed E-state index contributed by atoms with van der Waals surface area (Å²) in [5, 5.41) is 9.63. The standard InChI is InChI=1S/C12H15NO5S/c1-18-12(15)9-6-7-13(8-9)19(16,17)11-5-3-2-4-10(11)14/h2-5,9,14H,6-8H2,1H3. The van der Waals surface area contributed by atoms with Crippen LogP contribution in [0.4, 0.5) is 0 Å². The zero-order valence-corrected chi connectivity index (χ0v) is 11.3. The van der Waals surface area contributed by atoms with Crippen LogP contribution >= 0.6 is 0 Å². The van der Waals surface area contributed by atoms with Gasteiger partial charge in [0.2, 0.25) is 10.0 Å². The van der Waals surface area contributed by atoms with E-state index in [2.05, 4.69) is 4.74 Å². The van der Waals surface area contributed by atoms with E-state index in [9.17, 15) is 18.3 Å². The van der Waals surface area contributed by atoms with E-state index in [1.54, 1.807) is 12.1 Å². The van der Waals surface area contributed by atoms with Crippen molar-refractivity contribution in [3.63, 3.8) is 0 Å². The Balaban J connectivity index is 2.24. The van der Waals surface area contributed by atoms with E-state index < -0.39 is 21.9 Å². The molecule has 0 spiro atoms. The van der Waals surface area contributed by atoms with Gasteiger partial charge in [0.05, 0.1) is 13.0 Å². The second-order valence-electron chi connectivity index (χ2n) is 4.34. The smallest absolute Gasteiger partial charge is 0.310 e. The number of phenolic OH excluding ortho intramolecular Hbond substituents is 1. The minimum Gasteiger partial charge on any atom is -0.507 e. The van der Waals surface area contributed by atoms with Gasteiger partial charge in [-0.2, -0.15) is 4.31 Å². The Morgan fingerprint density at radius 1 is 1.42 bits per heavy atom. The highest BCUT2D eigenvalue weighted by molar-refractivity contribution is 7.89. The number of sulfonamides is 1. The fourth-order valence-corrected chi connectivity index (χ4v) is 3.70. The SMILES string of the molecule is COC(=O)C1CCN(S(=O)(=O)c2ccccc2O)C1. The van der Waals surface area contributed by atoms with Crippen molar-refractivity contribution in [3.05, 3.63) is 24.3 Å². The lowest BCUT2D eigenvalue weighted by atomic mass is 10.1. The number of hydrogen-bond acceptors (Lipinski definition) is 5. The molecule has 1 aromatic carbocycles. The van der Waals surface area contributed by atoms with E-state index >= 15 is 0 Å². The predicted octanol–water partition coefficient (Wildman–Crippen LogP) is 0.576. The number of aromatic hydroxyl groups is 1. The van der Waals surface area contributed by atoms with E-state index in [0.29, 0.717) is 6.42 Å². The van der Waals surface area contributed by atoms with E-state index in [0.717, 1.165) is 0 Å². The maximum atomic E-state index is 12.3. The molecule has 1 aliphatic rings. The topological polar surface area (TPSA) is 83.9 Å². The van der Waals surface area contributed by atoms with Gasteiger partial charge in [0.1, 0.15) is 10.6 Å². The molecule has 1 atom stereocenters. The van der Waals surface area contributed by atoms with Gasteiger partial charge < -0.3 is 9.84 Å². The lowest BCUT2D eigenvalue weighted by Gasteiger charge is -2.16. The lowest BCUT2D eigenvalue weighted by Crippen LogP contribution is -2.30. The summed E-state index contributed by atoms with van der Waals surface area (Å²) in [5.41, 5.74) is 0. The molecular weight excluding hydrogens is 270 g/mol. The summed E-state index contributed by atoms with van der Waals surface area (Å²) in [5.74, 6) is -1.13. The number of carbonyl (C=O) groups excluding carboxylic acids is 1. The van der Waals surface area contributed by atoms with Crippen LogP contribution in [-0.4, -0.2) is 44.0 Å². The summed E-state index contributed by atoms with van der Waals surface area (Å²) in [6, 6.07) is 5.76. The van der Waals surface area contributed by atoms with Crippen molar-refractivity contribution in [3.8, 4) is 5.75 Å². The van der Waals surface area contributed by atoms with Gasteiger partial charge in [0.15, 0.2) is 0 Å². The van der Waals surface area contributed by atoms with Crippen molar-refractivity contribution in [2.75, 3.05) is 20.2 Å². The first-order valence-electron chi connectivity index (χ1n) is 5.83. The number of carbonyl (C=O) groups is 1. The highest BCUT2D eigenvalue weighted by Gasteiger charge is 2.37. The molecule has 0 amide bonds. The Kier molecular flexibility index (Phi) is 3.77. The van der Waals surface area contributed by atoms with Crippen LogP contribution in [0.3, 0.4) is 0 Å². The van der Waals surface area contributed by atoms with Crippen molar-refractivity contribution < 1.29 is 23.1 Å². The van der Waals surface area contributed by atoms with Crippen molar-refractivity contribution in [2.24, 2.45) is 5.92 Å². The van der Waals surface area contributed by atoms with Gasteiger partial charge in [-0.3, -0.25) is 4.79 Å². The van der Waals surface area contributed by atoms with Crippen LogP contribution in [0.5, 0.6) is 5.75 Å². The fraction of sp³-hybridized carbons (Fsp3) is 0.417. The first-order valence-corrected chi connectivity index (χ1v) is 7.27. The molecule has 1 aliphatic heterocycles. The Morgan fingerprint density at radius 2 is 2.11 bits per heavy atom. The number of phenols is 1. The largest absolute Gasteiger partial charge is 0.507 e. The van der Waals surface area contributed by atoms with Crippen LogP contribution in [-0.2, 0) is 19.6 Å². The van der Waals surface area contributed by atoms with Crippen LogP contribution in [0.1, 0.15) is 6.42 Å². The number of nitrogens with zero attached hydrogens (tertiary/aromatic N) is 1. The number of hydrogen-bond donors (Lipinski definition) is 1. The maximum Gasteiger partial charge on any atom is 0.310 e. The molecule has 0 saturated carbocycles. The Hall–Kier alpha value is -1.60. The highest BCUT2D eigenvalue weighted by Crippen LogP contribution is 2.29. The van der Waals surface area contributed by atoms with Crippen molar-refractivity contribution in [1.29, 1.82) is 0 Å². The van der Waals surface area contributed by atoms with Gasteiger partial charge in [-0.15, -0.1) is 0 Å². The van der Waals surface area contributed by atoms with E-state index in [-0.39, 0.29) is 23.7 Å². The minimum absolute atomic E-state index is 0.0866. The minimum atomic E-state index is -3.77. The van der Waals surface area contributed by atoms with Crippen LogP contribution in [0.15, 0.2) is 29.2 Å². The van der Waals surface area contributed by atoms with Gasteiger partial charge in [0, 0.05) is 13.1 Å². The molecule has 0 bridgehead atoms. The van der Waals surface area contributed by atoms with Gasteiger partial charge in [-0.05, 0) is 18.6 Å². The molecule has 0 radical (unpaired) electrons. The maximum absolute atomic E-state index is 12.3. The molecule has 6 nitrogen and oxygen atoms in total. The first kappa shape index (κ1) is 13.8. The average Bonchev–Trinajstić information content (AvgIpc) is 2.88. The number of esters is 1. The number of rotatable bonds is 3. The summed E-state index contributed by atoms with van der Waals surface area (Å²) in [6.45, 7) is 0.333. The van der Waals surface area contributed by atoms with Gasteiger partial charge in [0.25, 0.3) is 0 Å². The lowest BCUT2D eigenvalue weighted by molar-refractivity contribution is -0.144. The highest BCUT2D eigenvalue weighted by atomic mass is 32.2. The molecule has 0 aromatic heterocycles. The quantitative estimate of drug-likeness (QED) is 0.821. The number of ether oxygens (including phenoxy) is 1. The van der Waals surface area contributed by atoms with Crippen LogP contribution in [0, 0.1) is 5.92 Å². The molecule has 19 heavy (non-hydrogen) atoms. The molecule has 2 rings (SSSR count). The predicted molar refractivity (Wildman–Crippen MR) is 67.0 cm³/mol. The normalized spacial score (nSPS) is 20.4. The van der Waals surface area contributed by atoms with Crippen LogP contribution in [0.25, 0.3) is 0 Å². The van der Waals surface area contributed by atoms with E-state index in [4.69, 9.17) is 0 Å². The Morgan fingerprint density at radius 3 is 2.74 bits per heavy atom. The third kappa shape index (κ3) is 2.57. The van der Waals surface area contributed by atoms with Crippen molar-refractivity contribution in [1.82, 2.24) is 4.31 Å². The fourth-order valence-electron chi connectivity index (χ4n) is 2.12. The number of methoxy groups -OCH3 is 1. The Labute approximate surface area is 111 Å². The Bertz CT molecular complexity index is 584. The molecule has 104 valence electrons. The summed E-state index contributed by atoms with van der Waals surface area (Å²) in [6.07, 6.45) is 0.430. The summed E-state index contributed by atoms with van der Waals surface area (Å²) in [7, 11) is -2.49. The summed E-state index contributed by atoms with van der Waals surface area (Å²) < 4.78 is 30.5. The monoisotopic (exact) mass is 285 g/mol. The van der Waals surface area contributed by atoms with Gasteiger partial charge >= 0.3 is 5.97 Å². The molecular formula is C12H15NO5S. The second kappa shape index (κ2) is 5.18.